The van der Waals surface area contributed by atoms with E-state index in [1.54, 1.807) is 17.8 Å². The van der Waals surface area contributed by atoms with E-state index in [9.17, 15) is 8.42 Å². The van der Waals surface area contributed by atoms with E-state index >= 15 is 0 Å². The van der Waals surface area contributed by atoms with Gasteiger partial charge in [-0.2, -0.15) is 5.26 Å². The lowest BCUT2D eigenvalue weighted by Gasteiger charge is -2.07. The number of thiazole rings is 1. The van der Waals surface area contributed by atoms with Gasteiger partial charge in [-0.15, -0.1) is 11.3 Å². The van der Waals surface area contributed by atoms with Crippen LogP contribution in [-0.2, 0) is 16.6 Å². The molecule has 0 fully saturated rings. The molecule has 0 aliphatic rings. The molecule has 0 atom stereocenters. The minimum Gasteiger partial charge on any atom is -0.248 e. The molecule has 2 rings (SSSR count). The fourth-order valence-corrected chi connectivity index (χ4v) is 3.15. The molecule has 2 aromatic rings. The first-order valence-corrected chi connectivity index (χ1v) is 7.83. The lowest BCUT2D eigenvalue weighted by atomic mass is 10.1. The van der Waals surface area contributed by atoms with Crippen molar-refractivity contribution >= 4 is 21.4 Å². The average Bonchev–Trinajstić information content (AvgIpc) is 2.89. The van der Waals surface area contributed by atoms with Gasteiger partial charge in [0.2, 0.25) is 10.0 Å². The zero-order valence-corrected chi connectivity index (χ0v) is 11.8. The van der Waals surface area contributed by atoms with Crippen molar-refractivity contribution in [2.45, 2.75) is 18.4 Å². The Hall–Kier alpha value is -1.75. The molecule has 0 saturated heterocycles. The van der Waals surface area contributed by atoms with Crippen molar-refractivity contribution < 1.29 is 8.42 Å². The Labute approximate surface area is 115 Å². The van der Waals surface area contributed by atoms with E-state index in [0.717, 1.165) is 0 Å². The van der Waals surface area contributed by atoms with E-state index in [1.807, 2.05) is 6.07 Å². The number of hydrogen-bond donors (Lipinski definition) is 1. The highest BCUT2D eigenvalue weighted by molar-refractivity contribution is 7.89. The van der Waals surface area contributed by atoms with Gasteiger partial charge in [0.1, 0.15) is 0 Å². The number of nitrogens with one attached hydrogen (secondary N) is 1. The number of rotatable bonds is 4. The van der Waals surface area contributed by atoms with Crippen molar-refractivity contribution in [3.05, 3.63) is 45.9 Å². The summed E-state index contributed by atoms with van der Waals surface area (Å²) in [6.07, 6.45) is 0. The van der Waals surface area contributed by atoms with Gasteiger partial charge < -0.3 is 0 Å². The van der Waals surface area contributed by atoms with Crippen molar-refractivity contribution in [1.29, 1.82) is 5.26 Å². The Balaban J connectivity index is 2.20. The van der Waals surface area contributed by atoms with Crippen LogP contribution in [0.25, 0.3) is 0 Å². The maximum Gasteiger partial charge on any atom is 0.240 e. The van der Waals surface area contributed by atoms with Gasteiger partial charge in [-0.25, -0.2) is 18.1 Å². The quantitative estimate of drug-likeness (QED) is 0.931. The van der Waals surface area contributed by atoms with Gasteiger partial charge in [-0.1, -0.05) is 0 Å². The molecule has 0 aliphatic carbocycles. The van der Waals surface area contributed by atoms with Crippen molar-refractivity contribution in [1.82, 2.24) is 9.71 Å². The summed E-state index contributed by atoms with van der Waals surface area (Å²) < 4.78 is 26.6. The Kier molecular flexibility index (Phi) is 3.95. The van der Waals surface area contributed by atoms with Gasteiger partial charge in [0.15, 0.2) is 0 Å². The van der Waals surface area contributed by atoms with Crippen LogP contribution in [-0.4, -0.2) is 13.4 Å². The molecule has 7 heteroatoms. The zero-order valence-electron chi connectivity index (χ0n) is 10.1. The second kappa shape index (κ2) is 5.48. The Morgan fingerprint density at radius 2 is 2.26 bits per heavy atom. The number of nitriles is 1. The summed E-state index contributed by atoms with van der Waals surface area (Å²) in [5, 5.41) is 10.6. The summed E-state index contributed by atoms with van der Waals surface area (Å²) in [5.74, 6) is 0. The third kappa shape index (κ3) is 3.17. The summed E-state index contributed by atoms with van der Waals surface area (Å²) >= 11 is 1.41. The topological polar surface area (TPSA) is 82.8 Å². The number of benzene rings is 1. The normalized spacial score (nSPS) is 11.2. The van der Waals surface area contributed by atoms with Gasteiger partial charge in [0.05, 0.1) is 34.3 Å². The number of hydrogen-bond acceptors (Lipinski definition) is 5. The fraction of sp³-hybridized carbons (Fsp3) is 0.167. The molecule has 5 nitrogen and oxygen atoms in total. The van der Waals surface area contributed by atoms with Gasteiger partial charge in [-0.05, 0) is 30.7 Å². The van der Waals surface area contributed by atoms with Crippen LogP contribution in [0.5, 0.6) is 0 Å². The Morgan fingerprint density at radius 3 is 2.84 bits per heavy atom. The van der Waals surface area contributed by atoms with Gasteiger partial charge in [0.25, 0.3) is 0 Å². The van der Waals surface area contributed by atoms with Crippen LogP contribution >= 0.6 is 11.3 Å². The molecule has 1 N–H and O–H groups in total. The van der Waals surface area contributed by atoms with Crippen LogP contribution in [0.4, 0.5) is 0 Å². The van der Waals surface area contributed by atoms with Crippen molar-refractivity contribution in [2.24, 2.45) is 0 Å². The third-order valence-corrected chi connectivity index (χ3v) is 4.59. The molecule has 0 bridgehead atoms. The Morgan fingerprint density at radius 1 is 1.47 bits per heavy atom. The second-order valence-corrected chi connectivity index (χ2v) is 6.38. The molecular weight excluding hydrogens is 282 g/mol. The molecule has 1 aromatic heterocycles. The number of sulfonamides is 1. The lowest BCUT2D eigenvalue weighted by Crippen LogP contribution is -2.23. The summed E-state index contributed by atoms with van der Waals surface area (Å²) in [6.45, 7) is 1.86. The van der Waals surface area contributed by atoms with Gasteiger partial charge >= 0.3 is 0 Å². The van der Waals surface area contributed by atoms with Gasteiger partial charge in [0, 0.05) is 5.38 Å². The first-order chi connectivity index (χ1) is 9.03. The zero-order chi connectivity index (χ0) is 13.9. The predicted octanol–water partition coefficient (Wildman–Crippen LogP) is 1.80. The van der Waals surface area contributed by atoms with Crippen molar-refractivity contribution in [2.75, 3.05) is 0 Å². The van der Waals surface area contributed by atoms with E-state index in [1.165, 1.54) is 29.5 Å². The molecule has 0 spiro atoms. The second-order valence-electron chi connectivity index (χ2n) is 3.89. The minimum atomic E-state index is -3.58. The van der Waals surface area contributed by atoms with Crippen molar-refractivity contribution in [3.63, 3.8) is 0 Å². The molecule has 0 saturated carbocycles. The SMILES string of the molecule is Cc1cc(S(=O)(=O)NCc2cscn2)ccc1C#N. The first kappa shape index (κ1) is 13.7. The molecular formula is C12H11N3O2S2. The number of aromatic nitrogens is 1. The minimum absolute atomic E-state index is 0.152. The van der Waals surface area contributed by atoms with E-state index in [-0.39, 0.29) is 11.4 Å². The molecule has 0 radical (unpaired) electrons. The summed E-state index contributed by atoms with van der Waals surface area (Å²) in [5.41, 5.74) is 3.44. The molecule has 98 valence electrons. The summed E-state index contributed by atoms with van der Waals surface area (Å²) in [7, 11) is -3.58. The standard InChI is InChI=1S/C12H11N3O2S2/c1-9-4-12(3-2-10(9)5-13)19(16,17)15-6-11-7-18-8-14-11/h2-4,7-8,15H,6H2,1H3. The third-order valence-electron chi connectivity index (χ3n) is 2.56. The van der Waals surface area contributed by atoms with Crippen molar-refractivity contribution in [3.8, 4) is 6.07 Å². The number of nitrogens with zero attached hydrogens (tertiary/aromatic N) is 2. The smallest absolute Gasteiger partial charge is 0.240 e. The summed E-state index contributed by atoms with van der Waals surface area (Å²) in [6, 6.07) is 6.42. The fourth-order valence-electron chi connectivity index (χ4n) is 1.51. The molecule has 1 heterocycles. The van der Waals surface area contributed by atoms with E-state index in [2.05, 4.69) is 9.71 Å². The lowest BCUT2D eigenvalue weighted by molar-refractivity contribution is 0.580. The van der Waals surface area contributed by atoms with E-state index in [4.69, 9.17) is 5.26 Å². The largest absolute Gasteiger partial charge is 0.248 e. The average molecular weight is 293 g/mol. The molecule has 0 amide bonds. The monoisotopic (exact) mass is 293 g/mol. The molecule has 1 aromatic carbocycles. The Bertz CT molecular complexity index is 716. The maximum atomic E-state index is 12.1. The van der Waals surface area contributed by atoms with Crippen LogP contribution in [0.3, 0.4) is 0 Å². The highest BCUT2D eigenvalue weighted by Crippen LogP contribution is 2.15. The van der Waals surface area contributed by atoms with Crippen LogP contribution in [0, 0.1) is 18.3 Å². The van der Waals surface area contributed by atoms with Crippen LogP contribution < -0.4 is 4.72 Å². The molecule has 0 unspecified atom stereocenters. The maximum absolute atomic E-state index is 12.1. The number of aryl methyl sites for hydroxylation is 1. The first-order valence-electron chi connectivity index (χ1n) is 5.40. The van der Waals surface area contributed by atoms with Crippen LogP contribution in [0.15, 0.2) is 34.0 Å². The van der Waals surface area contributed by atoms with Crippen LogP contribution in [0.1, 0.15) is 16.8 Å². The highest BCUT2D eigenvalue weighted by Gasteiger charge is 2.15. The highest BCUT2D eigenvalue weighted by atomic mass is 32.2. The van der Waals surface area contributed by atoms with Crippen LogP contribution in [0.2, 0.25) is 0 Å². The van der Waals surface area contributed by atoms with Gasteiger partial charge in [-0.3, -0.25) is 0 Å². The predicted molar refractivity (Wildman–Crippen MR) is 72.0 cm³/mol. The summed E-state index contributed by atoms with van der Waals surface area (Å²) in [4.78, 5) is 4.16. The molecule has 0 aliphatic heterocycles. The van der Waals surface area contributed by atoms with E-state index < -0.39 is 10.0 Å². The molecule has 19 heavy (non-hydrogen) atoms. The van der Waals surface area contributed by atoms with E-state index in [0.29, 0.717) is 16.8 Å².